The third-order valence-corrected chi connectivity index (χ3v) is 7.04. The molecule has 0 saturated carbocycles. The number of aliphatic hydroxyl groups is 1. The van der Waals surface area contributed by atoms with Crippen molar-refractivity contribution in [3.05, 3.63) is 67.7 Å². The first-order chi connectivity index (χ1) is 17.9. The summed E-state index contributed by atoms with van der Waals surface area (Å²) < 4.78 is 0.633. The van der Waals surface area contributed by atoms with E-state index < -0.39 is 6.10 Å². The molecule has 3 rings (SSSR count). The highest BCUT2D eigenvalue weighted by atomic mass is 127. The summed E-state index contributed by atoms with van der Waals surface area (Å²) in [5.74, 6) is -0.441. The van der Waals surface area contributed by atoms with Crippen LogP contribution in [0.5, 0.6) is 5.75 Å². The van der Waals surface area contributed by atoms with E-state index in [-0.39, 0.29) is 18.1 Å². The SMILES string of the molecule is CCCCN(CCCC)CC(O)c1ccnc2c(NC(=O)Cc3cc(I)c(N=[N+]=[N-])cc3O)cccc12. The van der Waals surface area contributed by atoms with Gasteiger partial charge in [-0.15, -0.1) is 0 Å². The Hall–Kier alpha value is -2.92. The number of rotatable bonds is 13. The van der Waals surface area contributed by atoms with Crippen LogP contribution in [-0.2, 0) is 11.2 Å². The van der Waals surface area contributed by atoms with E-state index in [1.807, 2.05) is 40.8 Å². The zero-order valence-electron chi connectivity index (χ0n) is 21.2. The molecular weight excluding hydrogens is 583 g/mol. The molecule has 1 unspecified atom stereocenters. The van der Waals surface area contributed by atoms with Crippen LogP contribution in [0.2, 0.25) is 0 Å². The van der Waals surface area contributed by atoms with Crippen molar-refractivity contribution in [2.75, 3.05) is 25.0 Å². The quantitative estimate of drug-likeness (QED) is 0.0861. The zero-order chi connectivity index (χ0) is 26.8. The van der Waals surface area contributed by atoms with Crippen LogP contribution in [0.4, 0.5) is 11.4 Å². The molecule has 0 saturated heterocycles. The second kappa shape index (κ2) is 14.1. The summed E-state index contributed by atoms with van der Waals surface area (Å²) in [6, 6.07) is 10.3. The number of benzene rings is 2. The van der Waals surface area contributed by atoms with E-state index in [4.69, 9.17) is 5.53 Å². The summed E-state index contributed by atoms with van der Waals surface area (Å²) in [6.45, 7) is 6.78. The second-order valence-electron chi connectivity index (χ2n) is 8.97. The number of hydrogen-bond donors (Lipinski definition) is 3. The second-order valence-corrected chi connectivity index (χ2v) is 10.1. The van der Waals surface area contributed by atoms with Gasteiger partial charge in [0.25, 0.3) is 0 Å². The Kier molecular flexibility index (Phi) is 10.9. The lowest BCUT2D eigenvalue weighted by Gasteiger charge is -2.25. The molecule has 2 aromatic carbocycles. The zero-order valence-corrected chi connectivity index (χ0v) is 23.3. The lowest BCUT2D eigenvalue weighted by molar-refractivity contribution is -0.115. The van der Waals surface area contributed by atoms with E-state index in [9.17, 15) is 15.0 Å². The lowest BCUT2D eigenvalue weighted by atomic mass is 10.0. The minimum Gasteiger partial charge on any atom is -0.508 e. The maximum Gasteiger partial charge on any atom is 0.228 e. The van der Waals surface area contributed by atoms with Gasteiger partial charge in [0, 0.05) is 32.2 Å². The molecule has 0 aliphatic rings. The van der Waals surface area contributed by atoms with Gasteiger partial charge in [0.1, 0.15) is 5.75 Å². The number of aromatic nitrogens is 1. The van der Waals surface area contributed by atoms with Crippen molar-refractivity contribution in [3.63, 3.8) is 0 Å². The van der Waals surface area contributed by atoms with Crippen molar-refractivity contribution in [1.29, 1.82) is 0 Å². The Morgan fingerprint density at radius 3 is 2.62 bits per heavy atom. The molecule has 0 spiro atoms. The van der Waals surface area contributed by atoms with E-state index in [1.54, 1.807) is 18.3 Å². The van der Waals surface area contributed by atoms with E-state index in [0.717, 1.165) is 49.7 Å². The Morgan fingerprint density at radius 2 is 1.95 bits per heavy atom. The molecule has 0 fully saturated rings. The van der Waals surface area contributed by atoms with Crippen molar-refractivity contribution in [2.45, 2.75) is 52.1 Å². The fourth-order valence-electron chi connectivity index (χ4n) is 4.22. The van der Waals surface area contributed by atoms with Crippen molar-refractivity contribution in [1.82, 2.24) is 9.88 Å². The third kappa shape index (κ3) is 7.78. The number of azide groups is 1. The fraction of sp³-hybridized carbons (Fsp3) is 0.407. The van der Waals surface area contributed by atoms with Gasteiger partial charge in [0.15, 0.2) is 0 Å². The maximum absolute atomic E-state index is 12.9. The molecule has 0 aliphatic carbocycles. The Bertz CT molecular complexity index is 1270. The van der Waals surface area contributed by atoms with Crippen LogP contribution in [0.3, 0.4) is 0 Å². The summed E-state index contributed by atoms with van der Waals surface area (Å²) in [5, 5.41) is 28.7. The summed E-state index contributed by atoms with van der Waals surface area (Å²) >= 11 is 2.00. The van der Waals surface area contributed by atoms with Gasteiger partial charge in [-0.05, 0) is 83.9 Å². The van der Waals surface area contributed by atoms with Gasteiger partial charge >= 0.3 is 0 Å². The largest absolute Gasteiger partial charge is 0.508 e. The fourth-order valence-corrected chi connectivity index (χ4v) is 4.85. The van der Waals surface area contributed by atoms with Gasteiger partial charge < -0.3 is 20.4 Å². The Balaban J connectivity index is 1.80. The number of halogens is 1. The number of carbonyl (C=O) groups is 1. The molecule has 3 N–H and O–H groups in total. The normalized spacial score (nSPS) is 11.9. The van der Waals surface area contributed by atoms with Gasteiger partial charge in [0.05, 0.1) is 29.4 Å². The number of hydrogen-bond acceptors (Lipinski definition) is 6. The first-order valence-corrected chi connectivity index (χ1v) is 13.6. The molecule has 9 nitrogen and oxygen atoms in total. The van der Waals surface area contributed by atoms with Crippen LogP contribution in [0.1, 0.15) is 56.8 Å². The Labute approximate surface area is 230 Å². The number of carbonyl (C=O) groups excluding carboxylic acids is 1. The summed E-state index contributed by atoms with van der Waals surface area (Å²) in [5.41, 5.74) is 11.3. The molecule has 10 heteroatoms. The molecule has 1 atom stereocenters. The van der Waals surface area contributed by atoms with Gasteiger partial charge in [-0.1, -0.05) is 43.9 Å². The van der Waals surface area contributed by atoms with Crippen LogP contribution in [-0.4, -0.2) is 45.6 Å². The predicted molar refractivity (Wildman–Crippen MR) is 155 cm³/mol. The van der Waals surface area contributed by atoms with Crippen LogP contribution >= 0.6 is 22.6 Å². The van der Waals surface area contributed by atoms with Crippen LogP contribution in [0, 0.1) is 3.57 Å². The number of nitrogens with zero attached hydrogens (tertiary/aromatic N) is 5. The highest BCUT2D eigenvalue weighted by Gasteiger charge is 2.18. The van der Waals surface area contributed by atoms with Crippen LogP contribution in [0.15, 0.2) is 47.7 Å². The minimum absolute atomic E-state index is 0.0685. The van der Waals surface area contributed by atoms with Crippen molar-refractivity contribution in [2.24, 2.45) is 5.11 Å². The smallest absolute Gasteiger partial charge is 0.228 e. The molecular formula is C27H33IN6O3. The van der Waals surface area contributed by atoms with Gasteiger partial charge in [0.2, 0.25) is 5.91 Å². The lowest BCUT2D eigenvalue weighted by Crippen LogP contribution is -2.30. The predicted octanol–water partition coefficient (Wildman–Crippen LogP) is 6.60. The number of phenolic OH excluding ortho intramolecular Hbond substituents is 1. The van der Waals surface area contributed by atoms with E-state index in [1.165, 1.54) is 6.07 Å². The van der Waals surface area contributed by atoms with Crippen molar-refractivity contribution < 1.29 is 15.0 Å². The molecule has 0 bridgehead atoms. The third-order valence-electron chi connectivity index (χ3n) is 6.18. The maximum atomic E-state index is 12.9. The number of amides is 1. The van der Waals surface area contributed by atoms with Gasteiger partial charge in [-0.25, -0.2) is 0 Å². The van der Waals surface area contributed by atoms with E-state index in [0.29, 0.717) is 32.6 Å². The summed E-state index contributed by atoms with van der Waals surface area (Å²) in [4.78, 5) is 22.4. The number of phenols is 1. The number of unbranched alkanes of at least 4 members (excludes halogenated alkanes) is 2. The molecule has 196 valence electrons. The van der Waals surface area contributed by atoms with Crippen LogP contribution < -0.4 is 5.32 Å². The molecule has 3 aromatic rings. The minimum atomic E-state index is -0.682. The van der Waals surface area contributed by atoms with Crippen molar-refractivity contribution >= 4 is 50.8 Å². The Morgan fingerprint density at radius 1 is 1.22 bits per heavy atom. The van der Waals surface area contributed by atoms with E-state index >= 15 is 0 Å². The number of para-hydroxylation sites is 1. The average Bonchev–Trinajstić information content (AvgIpc) is 2.88. The molecule has 1 heterocycles. The highest BCUT2D eigenvalue weighted by molar-refractivity contribution is 14.1. The standard InChI is InChI=1S/C27H33IN6O3/c1-3-5-12-34(13-6-4-2)17-25(36)19-10-11-30-27-20(19)8-7-9-22(27)31-26(37)15-18-14-21(28)23(32-33-29)16-24(18)35/h7-11,14,16,25,35-36H,3-6,12-13,15,17H2,1-2H3,(H,31,37). The summed E-state index contributed by atoms with van der Waals surface area (Å²) in [6.07, 6.45) is 5.30. The number of nitrogens with one attached hydrogen (secondary N) is 1. The number of aromatic hydroxyl groups is 1. The highest BCUT2D eigenvalue weighted by Crippen LogP contribution is 2.31. The molecule has 37 heavy (non-hydrogen) atoms. The first kappa shape index (κ1) is 28.6. The van der Waals surface area contributed by atoms with Gasteiger partial charge in [-0.3, -0.25) is 9.78 Å². The molecule has 1 aromatic heterocycles. The first-order valence-electron chi connectivity index (χ1n) is 12.5. The topological polar surface area (TPSA) is 134 Å². The molecule has 1 amide bonds. The number of pyridine rings is 1. The van der Waals surface area contributed by atoms with E-state index in [2.05, 4.69) is 39.1 Å². The van der Waals surface area contributed by atoms with Gasteiger partial charge in [-0.2, -0.15) is 0 Å². The average molecular weight is 617 g/mol. The summed E-state index contributed by atoms with van der Waals surface area (Å²) in [7, 11) is 0. The van der Waals surface area contributed by atoms with Crippen molar-refractivity contribution in [3.8, 4) is 5.75 Å². The molecule has 0 aliphatic heterocycles. The number of fused-ring (bicyclic) bond motifs is 1. The number of anilines is 1. The monoisotopic (exact) mass is 616 g/mol. The molecule has 0 radical (unpaired) electrons. The number of aliphatic hydroxyl groups excluding tert-OH is 1. The van der Waals surface area contributed by atoms with Crippen LogP contribution in [0.25, 0.3) is 21.3 Å².